The van der Waals surface area contributed by atoms with E-state index in [1.165, 1.54) is 0 Å². The number of anilines is 1. The van der Waals surface area contributed by atoms with Gasteiger partial charge < -0.3 is 24.4 Å². The summed E-state index contributed by atoms with van der Waals surface area (Å²) in [6.07, 6.45) is 4.50. The van der Waals surface area contributed by atoms with E-state index < -0.39 is 5.54 Å². The monoisotopic (exact) mass is 411 g/mol. The largest absolute Gasteiger partial charge is 0.372 e. The van der Waals surface area contributed by atoms with Gasteiger partial charge in [0.2, 0.25) is 11.8 Å². The molecule has 0 bridgehead atoms. The molecule has 0 aromatic carbocycles. The van der Waals surface area contributed by atoms with Gasteiger partial charge in [-0.2, -0.15) is 0 Å². The van der Waals surface area contributed by atoms with Crippen LogP contribution in [0, 0.1) is 0 Å². The molecular weight excluding hydrogens is 382 g/mol. The fourth-order valence-electron chi connectivity index (χ4n) is 4.56. The Kier molecular flexibility index (Phi) is 5.51. The molecule has 1 N–H and O–H groups in total. The molecule has 2 aliphatic rings. The van der Waals surface area contributed by atoms with Crippen LogP contribution in [0.2, 0.25) is 0 Å². The second kappa shape index (κ2) is 8.10. The molecule has 0 aliphatic carbocycles. The van der Waals surface area contributed by atoms with Gasteiger partial charge in [-0.25, -0.2) is 4.98 Å². The van der Waals surface area contributed by atoms with Gasteiger partial charge in [0, 0.05) is 38.1 Å². The first-order valence-corrected chi connectivity index (χ1v) is 10.5. The first-order chi connectivity index (χ1) is 14.5. The standard InChI is InChI=1S/C22H29N5O3/c1-4-30-14-20(29)25-12-9-22(15-25)18-8-6-11-26(18)21-17(7-5-10-23-21)27(22)13-19(28)24-16(2)3/h5-8,10-11,16H,4,9,12-15H2,1-3H3,(H,24,28). The van der Waals surface area contributed by atoms with Crippen molar-refractivity contribution in [3.8, 4) is 5.82 Å². The van der Waals surface area contributed by atoms with Crippen molar-refractivity contribution >= 4 is 17.5 Å². The molecule has 4 heterocycles. The highest BCUT2D eigenvalue weighted by Gasteiger charge is 2.51. The molecule has 1 saturated heterocycles. The number of rotatable bonds is 6. The maximum absolute atomic E-state index is 12.8. The summed E-state index contributed by atoms with van der Waals surface area (Å²) < 4.78 is 7.43. The predicted octanol–water partition coefficient (Wildman–Crippen LogP) is 1.68. The Bertz CT molecular complexity index is 940. The summed E-state index contributed by atoms with van der Waals surface area (Å²) in [5.41, 5.74) is 1.47. The normalized spacial score (nSPS) is 19.9. The Balaban J connectivity index is 1.73. The van der Waals surface area contributed by atoms with E-state index >= 15 is 0 Å². The van der Waals surface area contributed by atoms with Gasteiger partial charge in [0.1, 0.15) is 12.1 Å². The summed E-state index contributed by atoms with van der Waals surface area (Å²) in [6.45, 7) is 7.71. The lowest BCUT2D eigenvalue weighted by Crippen LogP contribution is -2.56. The molecule has 8 nitrogen and oxygen atoms in total. The van der Waals surface area contributed by atoms with E-state index in [1.807, 2.05) is 50.1 Å². The Morgan fingerprint density at radius 3 is 2.90 bits per heavy atom. The predicted molar refractivity (Wildman–Crippen MR) is 114 cm³/mol. The number of aromatic nitrogens is 2. The van der Waals surface area contributed by atoms with Crippen molar-refractivity contribution in [2.24, 2.45) is 0 Å². The molecule has 0 radical (unpaired) electrons. The van der Waals surface area contributed by atoms with E-state index in [9.17, 15) is 9.59 Å². The van der Waals surface area contributed by atoms with Gasteiger partial charge in [0.05, 0.1) is 17.9 Å². The third-order valence-corrected chi connectivity index (χ3v) is 5.81. The molecule has 160 valence electrons. The lowest BCUT2D eigenvalue weighted by molar-refractivity contribution is -0.135. The number of amides is 2. The molecule has 0 saturated carbocycles. The second-order valence-corrected chi connectivity index (χ2v) is 8.15. The van der Waals surface area contributed by atoms with Crippen LogP contribution in [0.3, 0.4) is 0 Å². The van der Waals surface area contributed by atoms with Crippen molar-refractivity contribution in [3.05, 3.63) is 42.4 Å². The van der Waals surface area contributed by atoms with E-state index in [-0.39, 0.29) is 31.0 Å². The van der Waals surface area contributed by atoms with Crippen molar-refractivity contribution < 1.29 is 14.3 Å². The van der Waals surface area contributed by atoms with Gasteiger partial charge in [-0.3, -0.25) is 9.59 Å². The van der Waals surface area contributed by atoms with Crippen molar-refractivity contribution in [1.82, 2.24) is 19.8 Å². The van der Waals surface area contributed by atoms with Gasteiger partial charge in [0.25, 0.3) is 0 Å². The second-order valence-electron chi connectivity index (χ2n) is 8.15. The van der Waals surface area contributed by atoms with Crippen LogP contribution in [-0.2, 0) is 19.9 Å². The zero-order valence-electron chi connectivity index (χ0n) is 17.8. The summed E-state index contributed by atoms with van der Waals surface area (Å²) >= 11 is 0. The molecule has 30 heavy (non-hydrogen) atoms. The van der Waals surface area contributed by atoms with Crippen molar-refractivity contribution in [2.75, 3.05) is 37.7 Å². The lowest BCUT2D eigenvalue weighted by atomic mass is 9.88. The molecule has 1 spiro atoms. The Morgan fingerprint density at radius 1 is 1.30 bits per heavy atom. The smallest absolute Gasteiger partial charge is 0.248 e. The number of carbonyl (C=O) groups is 2. The van der Waals surface area contributed by atoms with E-state index in [4.69, 9.17) is 4.74 Å². The van der Waals surface area contributed by atoms with Crippen LogP contribution in [0.25, 0.3) is 5.82 Å². The quantitative estimate of drug-likeness (QED) is 0.782. The van der Waals surface area contributed by atoms with Gasteiger partial charge in [-0.1, -0.05) is 0 Å². The highest BCUT2D eigenvalue weighted by Crippen LogP contribution is 2.46. The molecule has 2 aromatic rings. The topological polar surface area (TPSA) is 79.7 Å². The zero-order valence-corrected chi connectivity index (χ0v) is 17.8. The number of hydrogen-bond donors (Lipinski definition) is 1. The van der Waals surface area contributed by atoms with E-state index in [0.717, 1.165) is 23.6 Å². The third-order valence-electron chi connectivity index (χ3n) is 5.81. The number of nitrogens with zero attached hydrogens (tertiary/aromatic N) is 4. The third kappa shape index (κ3) is 3.45. The van der Waals surface area contributed by atoms with Crippen LogP contribution < -0.4 is 10.2 Å². The van der Waals surface area contributed by atoms with E-state index in [0.29, 0.717) is 19.7 Å². The van der Waals surface area contributed by atoms with Gasteiger partial charge in [0.15, 0.2) is 5.82 Å². The highest BCUT2D eigenvalue weighted by molar-refractivity contribution is 5.84. The first kappa shape index (κ1) is 20.4. The summed E-state index contributed by atoms with van der Waals surface area (Å²) in [7, 11) is 0. The molecule has 8 heteroatoms. The van der Waals surface area contributed by atoms with Crippen LogP contribution in [-0.4, -0.2) is 65.2 Å². The number of likely N-dealkylation sites (tertiary alicyclic amines) is 1. The molecule has 1 fully saturated rings. The first-order valence-electron chi connectivity index (χ1n) is 10.5. The fourth-order valence-corrected chi connectivity index (χ4v) is 4.56. The maximum atomic E-state index is 12.8. The highest BCUT2D eigenvalue weighted by atomic mass is 16.5. The Hall–Kier alpha value is -2.87. The van der Waals surface area contributed by atoms with Crippen LogP contribution >= 0.6 is 0 Å². The average molecular weight is 412 g/mol. The molecule has 1 unspecified atom stereocenters. The molecule has 1 atom stereocenters. The minimum absolute atomic E-state index is 0.0182. The summed E-state index contributed by atoms with van der Waals surface area (Å²) in [6, 6.07) is 8.02. The number of nitrogens with one attached hydrogen (secondary N) is 1. The molecule has 2 amide bonds. The SMILES string of the molecule is CCOCC(=O)N1CCC2(C1)c1cccn1-c1ncccc1N2CC(=O)NC(C)C. The Labute approximate surface area is 176 Å². The van der Waals surface area contributed by atoms with Gasteiger partial charge in [-0.05, 0) is 51.5 Å². The van der Waals surface area contributed by atoms with Crippen LogP contribution in [0.15, 0.2) is 36.7 Å². The molecule has 2 aliphatic heterocycles. The van der Waals surface area contributed by atoms with Crippen molar-refractivity contribution in [2.45, 2.75) is 38.8 Å². The number of ether oxygens (including phenoxy) is 1. The van der Waals surface area contributed by atoms with Crippen LogP contribution in [0.1, 0.15) is 32.9 Å². The molecule has 4 rings (SSSR count). The number of hydrogen-bond acceptors (Lipinski definition) is 5. The minimum Gasteiger partial charge on any atom is -0.372 e. The number of fused-ring (bicyclic) bond motifs is 4. The number of pyridine rings is 1. The van der Waals surface area contributed by atoms with Crippen LogP contribution in [0.5, 0.6) is 0 Å². The Morgan fingerprint density at radius 2 is 2.13 bits per heavy atom. The average Bonchev–Trinajstić information content (AvgIpc) is 3.37. The number of carbonyl (C=O) groups excluding carboxylic acids is 2. The minimum atomic E-state index is -0.490. The lowest BCUT2D eigenvalue weighted by Gasteiger charge is -2.46. The van der Waals surface area contributed by atoms with E-state index in [2.05, 4.69) is 25.8 Å². The summed E-state index contributed by atoms with van der Waals surface area (Å²) in [4.78, 5) is 34.1. The summed E-state index contributed by atoms with van der Waals surface area (Å²) in [5, 5.41) is 3.00. The van der Waals surface area contributed by atoms with Crippen LogP contribution in [0.4, 0.5) is 5.69 Å². The van der Waals surface area contributed by atoms with Crippen molar-refractivity contribution in [1.29, 1.82) is 0 Å². The zero-order chi connectivity index (χ0) is 21.3. The van der Waals surface area contributed by atoms with Gasteiger partial charge >= 0.3 is 0 Å². The summed E-state index contributed by atoms with van der Waals surface area (Å²) in [5.74, 6) is 0.744. The van der Waals surface area contributed by atoms with Crippen molar-refractivity contribution in [3.63, 3.8) is 0 Å². The molecular formula is C22H29N5O3. The van der Waals surface area contributed by atoms with Gasteiger partial charge in [-0.15, -0.1) is 0 Å². The fraction of sp³-hybridized carbons (Fsp3) is 0.500. The molecule has 2 aromatic heterocycles. The van der Waals surface area contributed by atoms with E-state index in [1.54, 1.807) is 6.20 Å². The maximum Gasteiger partial charge on any atom is 0.248 e.